The van der Waals surface area contributed by atoms with E-state index in [2.05, 4.69) is 0 Å². The van der Waals surface area contributed by atoms with Crippen LogP contribution in [0.15, 0.2) is 24.3 Å². The number of nitrogens with zero attached hydrogens (tertiary/aromatic N) is 1. The number of benzene rings is 1. The van der Waals surface area contributed by atoms with Crippen molar-refractivity contribution >= 4 is 23.8 Å². The molecule has 3 nitrogen and oxygen atoms in total. The summed E-state index contributed by atoms with van der Waals surface area (Å²) in [4.78, 5) is 23.6. The maximum absolute atomic E-state index is 11.8. The van der Waals surface area contributed by atoms with Crippen molar-refractivity contribution in [3.63, 3.8) is 0 Å². The summed E-state index contributed by atoms with van der Waals surface area (Å²) >= 11 is 1.29. The minimum atomic E-state index is -0.186. The molecule has 0 saturated heterocycles. The van der Waals surface area contributed by atoms with Crippen molar-refractivity contribution in [3.05, 3.63) is 35.4 Å². The fourth-order valence-electron chi connectivity index (χ4n) is 1.47. The first-order chi connectivity index (χ1) is 7.25. The Labute approximate surface area is 92.6 Å². The predicted molar refractivity (Wildman–Crippen MR) is 59.7 cm³/mol. The monoisotopic (exact) mass is 221 g/mol. The van der Waals surface area contributed by atoms with Gasteiger partial charge in [-0.05, 0) is 30.5 Å². The minimum Gasteiger partial charge on any atom is -0.268 e. The molecule has 1 aromatic carbocycles. The topological polar surface area (TPSA) is 37.4 Å². The van der Waals surface area contributed by atoms with E-state index in [4.69, 9.17) is 0 Å². The van der Waals surface area contributed by atoms with E-state index in [1.165, 1.54) is 16.3 Å². The predicted octanol–water partition coefficient (Wildman–Crippen LogP) is 2.34. The molecule has 0 unspecified atom stereocenters. The normalized spacial score (nSPS) is 14.6. The average Bonchev–Trinajstić information content (AvgIpc) is 2.51. The van der Waals surface area contributed by atoms with Crippen LogP contribution < -0.4 is 0 Å². The van der Waals surface area contributed by atoms with E-state index in [9.17, 15) is 9.59 Å². The highest BCUT2D eigenvalue weighted by Gasteiger charge is 2.35. The zero-order valence-electron chi connectivity index (χ0n) is 8.40. The van der Waals surface area contributed by atoms with Crippen LogP contribution in [-0.2, 0) is 0 Å². The molecule has 4 heteroatoms. The molecule has 1 aromatic rings. The standard InChI is InChI=1S/C11H11NO2S/c1-2-7-15-12-10(13)8-5-3-4-6-9(8)11(12)14/h3-6H,2,7H2,1H3. The Morgan fingerprint density at radius 3 is 2.13 bits per heavy atom. The second kappa shape index (κ2) is 4.06. The molecule has 15 heavy (non-hydrogen) atoms. The van der Waals surface area contributed by atoms with Gasteiger partial charge in [-0.3, -0.25) is 9.59 Å². The molecular weight excluding hydrogens is 210 g/mol. The lowest BCUT2D eigenvalue weighted by Gasteiger charge is -2.10. The quantitative estimate of drug-likeness (QED) is 0.580. The second-order valence-electron chi connectivity index (χ2n) is 3.28. The van der Waals surface area contributed by atoms with Crippen molar-refractivity contribution in [2.45, 2.75) is 13.3 Å². The van der Waals surface area contributed by atoms with Gasteiger partial charge in [0.15, 0.2) is 0 Å². The van der Waals surface area contributed by atoms with Crippen LogP contribution in [0.2, 0.25) is 0 Å². The highest BCUT2D eigenvalue weighted by Crippen LogP contribution is 2.28. The minimum absolute atomic E-state index is 0.186. The molecule has 0 aliphatic carbocycles. The summed E-state index contributed by atoms with van der Waals surface area (Å²) in [5, 5.41) is 0. The summed E-state index contributed by atoms with van der Waals surface area (Å²) in [5.74, 6) is 0.411. The Bertz CT molecular complexity index is 382. The molecule has 0 bridgehead atoms. The zero-order valence-corrected chi connectivity index (χ0v) is 9.21. The number of carbonyl (C=O) groups excluding carboxylic acids is 2. The third-order valence-corrected chi connectivity index (χ3v) is 3.36. The van der Waals surface area contributed by atoms with Crippen LogP contribution in [0.5, 0.6) is 0 Å². The van der Waals surface area contributed by atoms with Crippen molar-refractivity contribution in [2.75, 3.05) is 5.75 Å². The van der Waals surface area contributed by atoms with Crippen molar-refractivity contribution in [1.29, 1.82) is 0 Å². The Kier molecular flexibility index (Phi) is 2.77. The number of amides is 2. The summed E-state index contributed by atoms with van der Waals surface area (Å²) < 4.78 is 1.26. The van der Waals surface area contributed by atoms with Crippen LogP contribution in [0, 0.1) is 0 Å². The van der Waals surface area contributed by atoms with E-state index in [1.54, 1.807) is 24.3 Å². The molecule has 0 atom stereocenters. The van der Waals surface area contributed by atoms with Gasteiger partial charge in [0.05, 0.1) is 11.1 Å². The third-order valence-electron chi connectivity index (χ3n) is 2.18. The van der Waals surface area contributed by atoms with Gasteiger partial charge in [0.2, 0.25) is 0 Å². The van der Waals surface area contributed by atoms with Crippen molar-refractivity contribution in [3.8, 4) is 0 Å². The largest absolute Gasteiger partial charge is 0.271 e. The van der Waals surface area contributed by atoms with E-state index < -0.39 is 0 Å². The Morgan fingerprint density at radius 2 is 1.67 bits per heavy atom. The van der Waals surface area contributed by atoms with Crippen molar-refractivity contribution in [1.82, 2.24) is 4.31 Å². The average molecular weight is 221 g/mol. The number of imide groups is 1. The maximum Gasteiger partial charge on any atom is 0.271 e. The summed E-state index contributed by atoms with van der Waals surface area (Å²) in [6, 6.07) is 6.94. The number of hydrogen-bond donors (Lipinski definition) is 0. The molecule has 0 saturated carbocycles. The SMILES string of the molecule is CCCSN1C(=O)c2ccccc2C1=O. The van der Waals surface area contributed by atoms with Gasteiger partial charge in [-0.1, -0.05) is 19.1 Å². The van der Waals surface area contributed by atoms with Crippen molar-refractivity contribution < 1.29 is 9.59 Å². The van der Waals surface area contributed by atoms with Gasteiger partial charge in [-0.25, -0.2) is 4.31 Å². The molecule has 1 heterocycles. The van der Waals surface area contributed by atoms with Gasteiger partial charge in [0.25, 0.3) is 11.8 Å². The highest BCUT2D eigenvalue weighted by atomic mass is 32.2. The van der Waals surface area contributed by atoms with E-state index in [-0.39, 0.29) is 11.8 Å². The van der Waals surface area contributed by atoms with Gasteiger partial charge < -0.3 is 0 Å². The fraction of sp³-hybridized carbons (Fsp3) is 0.273. The smallest absolute Gasteiger partial charge is 0.268 e. The van der Waals surface area contributed by atoms with Crippen LogP contribution in [0.3, 0.4) is 0 Å². The second-order valence-corrected chi connectivity index (χ2v) is 4.32. The van der Waals surface area contributed by atoms with Gasteiger partial charge >= 0.3 is 0 Å². The molecule has 0 radical (unpaired) electrons. The number of fused-ring (bicyclic) bond motifs is 1. The first-order valence-corrected chi connectivity index (χ1v) is 5.80. The van der Waals surface area contributed by atoms with Crippen LogP contribution in [0.4, 0.5) is 0 Å². The third kappa shape index (κ3) is 1.65. The number of hydrogen-bond acceptors (Lipinski definition) is 3. The molecule has 2 rings (SSSR count). The molecule has 0 aromatic heterocycles. The van der Waals surface area contributed by atoms with Crippen LogP contribution in [0.25, 0.3) is 0 Å². The Hall–Kier alpha value is -1.29. The maximum atomic E-state index is 11.8. The van der Waals surface area contributed by atoms with Crippen molar-refractivity contribution in [2.24, 2.45) is 0 Å². The van der Waals surface area contributed by atoms with Crippen LogP contribution in [0.1, 0.15) is 34.1 Å². The number of carbonyl (C=O) groups is 2. The first kappa shape index (κ1) is 10.2. The summed E-state index contributed by atoms with van der Waals surface area (Å²) in [6.07, 6.45) is 0.943. The van der Waals surface area contributed by atoms with E-state index in [0.717, 1.165) is 12.2 Å². The fourth-order valence-corrected chi connectivity index (χ4v) is 2.26. The highest BCUT2D eigenvalue weighted by molar-refractivity contribution is 7.98. The first-order valence-electron chi connectivity index (χ1n) is 4.86. The van der Waals surface area contributed by atoms with Gasteiger partial charge in [-0.15, -0.1) is 0 Å². The lowest BCUT2D eigenvalue weighted by molar-refractivity contribution is 0.0777. The molecule has 1 aliphatic heterocycles. The lowest BCUT2D eigenvalue weighted by atomic mass is 10.1. The molecule has 0 fully saturated rings. The van der Waals surface area contributed by atoms with E-state index >= 15 is 0 Å². The Morgan fingerprint density at radius 1 is 1.13 bits per heavy atom. The number of rotatable bonds is 3. The summed E-state index contributed by atoms with van der Waals surface area (Å²) in [5.41, 5.74) is 1.04. The van der Waals surface area contributed by atoms with Gasteiger partial charge in [-0.2, -0.15) is 0 Å². The molecule has 78 valence electrons. The zero-order chi connectivity index (χ0) is 10.8. The van der Waals surface area contributed by atoms with Gasteiger partial charge in [0, 0.05) is 5.75 Å². The van der Waals surface area contributed by atoms with E-state index in [1.807, 2.05) is 6.92 Å². The summed E-state index contributed by atoms with van der Waals surface area (Å²) in [6.45, 7) is 2.02. The van der Waals surface area contributed by atoms with E-state index in [0.29, 0.717) is 11.1 Å². The summed E-state index contributed by atoms with van der Waals surface area (Å²) in [7, 11) is 0. The molecule has 2 amide bonds. The lowest BCUT2D eigenvalue weighted by Crippen LogP contribution is -2.22. The van der Waals surface area contributed by atoms with Gasteiger partial charge in [0.1, 0.15) is 0 Å². The molecular formula is C11H11NO2S. The Balaban J connectivity index is 2.29. The molecule has 0 spiro atoms. The molecule has 1 aliphatic rings. The van der Waals surface area contributed by atoms with Crippen LogP contribution in [-0.4, -0.2) is 21.9 Å². The van der Waals surface area contributed by atoms with Crippen LogP contribution >= 0.6 is 11.9 Å². The molecule has 0 N–H and O–H groups in total.